The molecule has 0 amide bonds. The SMILES string of the molecule is CN=C(NCCCN1CCN(c2ncccn2)CC1)NCCSc1ccccc1.I. The molecular weight excluding hydrogens is 509 g/mol. The van der Waals surface area contributed by atoms with E-state index in [0.29, 0.717) is 0 Å². The van der Waals surface area contributed by atoms with Crippen LogP contribution in [0.3, 0.4) is 0 Å². The molecule has 1 aromatic carbocycles. The fourth-order valence-corrected chi connectivity index (χ4v) is 4.00. The molecule has 0 atom stereocenters. The molecule has 0 aliphatic carbocycles. The van der Waals surface area contributed by atoms with Gasteiger partial charge in [0.1, 0.15) is 0 Å². The van der Waals surface area contributed by atoms with Gasteiger partial charge < -0.3 is 15.5 Å². The van der Waals surface area contributed by atoms with Gasteiger partial charge in [-0.25, -0.2) is 9.97 Å². The van der Waals surface area contributed by atoms with E-state index < -0.39 is 0 Å². The van der Waals surface area contributed by atoms with Crippen LogP contribution < -0.4 is 15.5 Å². The van der Waals surface area contributed by atoms with Crippen molar-refractivity contribution in [1.82, 2.24) is 25.5 Å². The topological polar surface area (TPSA) is 68.7 Å². The van der Waals surface area contributed by atoms with E-state index in [4.69, 9.17) is 0 Å². The maximum atomic E-state index is 4.34. The molecule has 2 aromatic rings. The van der Waals surface area contributed by atoms with Crippen molar-refractivity contribution in [3.05, 3.63) is 48.8 Å². The van der Waals surface area contributed by atoms with Gasteiger partial charge in [0.25, 0.3) is 0 Å². The van der Waals surface area contributed by atoms with Crippen molar-refractivity contribution in [2.75, 3.05) is 63.5 Å². The summed E-state index contributed by atoms with van der Waals surface area (Å²) < 4.78 is 0. The summed E-state index contributed by atoms with van der Waals surface area (Å²) in [6, 6.07) is 12.3. The van der Waals surface area contributed by atoms with Gasteiger partial charge in [-0.1, -0.05) is 18.2 Å². The Morgan fingerprint density at radius 3 is 2.40 bits per heavy atom. The minimum atomic E-state index is 0. The second-order valence-electron chi connectivity index (χ2n) is 6.82. The first kappa shape index (κ1) is 24.7. The lowest BCUT2D eigenvalue weighted by atomic mass is 10.3. The van der Waals surface area contributed by atoms with Crippen molar-refractivity contribution in [3.8, 4) is 0 Å². The summed E-state index contributed by atoms with van der Waals surface area (Å²) in [4.78, 5) is 19.1. The molecule has 7 nitrogen and oxygen atoms in total. The van der Waals surface area contributed by atoms with Crippen LogP contribution in [-0.4, -0.2) is 79.4 Å². The summed E-state index contributed by atoms with van der Waals surface area (Å²) in [6.07, 6.45) is 4.71. The van der Waals surface area contributed by atoms with Crippen molar-refractivity contribution < 1.29 is 0 Å². The van der Waals surface area contributed by atoms with Gasteiger partial charge in [-0.3, -0.25) is 9.89 Å². The predicted octanol–water partition coefficient (Wildman–Crippen LogP) is 2.56. The van der Waals surface area contributed by atoms with Gasteiger partial charge in [-0.15, -0.1) is 35.7 Å². The largest absolute Gasteiger partial charge is 0.356 e. The van der Waals surface area contributed by atoms with E-state index >= 15 is 0 Å². The lowest BCUT2D eigenvalue weighted by Gasteiger charge is -2.34. The van der Waals surface area contributed by atoms with Gasteiger partial charge in [0.15, 0.2) is 5.96 Å². The lowest BCUT2D eigenvalue weighted by molar-refractivity contribution is 0.254. The van der Waals surface area contributed by atoms with Crippen LogP contribution in [0.25, 0.3) is 0 Å². The molecule has 1 aliphatic heterocycles. The van der Waals surface area contributed by atoms with Gasteiger partial charge >= 0.3 is 0 Å². The van der Waals surface area contributed by atoms with Gasteiger partial charge in [-0.2, -0.15) is 0 Å². The Balaban J connectivity index is 0.00000320. The summed E-state index contributed by atoms with van der Waals surface area (Å²) >= 11 is 1.85. The average Bonchev–Trinajstić information content (AvgIpc) is 2.79. The van der Waals surface area contributed by atoms with E-state index in [1.807, 2.05) is 43.3 Å². The van der Waals surface area contributed by atoms with Crippen LogP contribution in [0.15, 0.2) is 58.7 Å². The molecule has 0 radical (unpaired) electrons. The number of hydrogen-bond acceptors (Lipinski definition) is 6. The molecule has 0 spiro atoms. The van der Waals surface area contributed by atoms with Crippen LogP contribution in [0.2, 0.25) is 0 Å². The normalized spacial score (nSPS) is 14.8. The number of anilines is 1. The molecule has 2 N–H and O–H groups in total. The first-order valence-corrected chi connectivity index (χ1v) is 11.2. The summed E-state index contributed by atoms with van der Waals surface area (Å²) in [7, 11) is 1.82. The Morgan fingerprint density at radius 1 is 1.00 bits per heavy atom. The number of guanidine groups is 1. The molecule has 30 heavy (non-hydrogen) atoms. The van der Waals surface area contributed by atoms with Gasteiger partial charge in [0, 0.05) is 69.4 Å². The number of aromatic nitrogens is 2. The van der Waals surface area contributed by atoms with Gasteiger partial charge in [0.05, 0.1) is 0 Å². The fraction of sp³-hybridized carbons (Fsp3) is 0.476. The zero-order chi connectivity index (χ0) is 20.2. The third-order valence-corrected chi connectivity index (χ3v) is 5.79. The molecule has 0 unspecified atom stereocenters. The molecule has 1 fully saturated rings. The monoisotopic (exact) mass is 541 g/mol. The first-order chi connectivity index (χ1) is 14.3. The third kappa shape index (κ3) is 8.65. The number of halogens is 1. The van der Waals surface area contributed by atoms with Crippen LogP contribution >= 0.6 is 35.7 Å². The number of aliphatic imine (C=N–C) groups is 1. The maximum Gasteiger partial charge on any atom is 0.225 e. The Morgan fingerprint density at radius 2 is 1.70 bits per heavy atom. The molecular formula is C21H32IN7S. The quantitative estimate of drug-likeness (QED) is 0.166. The van der Waals surface area contributed by atoms with Crippen LogP contribution in [-0.2, 0) is 0 Å². The van der Waals surface area contributed by atoms with E-state index in [2.05, 4.69) is 59.7 Å². The number of benzene rings is 1. The number of rotatable bonds is 9. The summed E-state index contributed by atoms with van der Waals surface area (Å²) in [5, 5.41) is 6.80. The van der Waals surface area contributed by atoms with Crippen LogP contribution in [0, 0.1) is 0 Å². The first-order valence-electron chi connectivity index (χ1n) is 10.2. The molecule has 9 heteroatoms. The van der Waals surface area contributed by atoms with Crippen molar-refractivity contribution in [2.24, 2.45) is 4.99 Å². The molecule has 0 bridgehead atoms. The highest BCUT2D eigenvalue weighted by atomic mass is 127. The highest BCUT2D eigenvalue weighted by Gasteiger charge is 2.18. The zero-order valence-electron chi connectivity index (χ0n) is 17.5. The number of nitrogens with one attached hydrogen (secondary N) is 2. The summed E-state index contributed by atoms with van der Waals surface area (Å²) in [5.41, 5.74) is 0. The predicted molar refractivity (Wildman–Crippen MR) is 137 cm³/mol. The van der Waals surface area contributed by atoms with Crippen molar-refractivity contribution in [1.29, 1.82) is 0 Å². The standard InChI is InChI=1S/C21H31N7S.HI/c1-22-20(24-12-18-29-19-7-3-2-4-8-19)23-11-6-13-27-14-16-28(17-15-27)21-25-9-5-10-26-21;/h2-5,7-10H,6,11-18H2,1H3,(H2,22,23,24);1H. The van der Waals surface area contributed by atoms with E-state index in [9.17, 15) is 0 Å². The zero-order valence-corrected chi connectivity index (χ0v) is 20.7. The van der Waals surface area contributed by atoms with Crippen molar-refractivity contribution in [2.45, 2.75) is 11.3 Å². The Hall–Kier alpha value is -1.59. The van der Waals surface area contributed by atoms with E-state index in [-0.39, 0.29) is 24.0 Å². The minimum absolute atomic E-state index is 0. The summed E-state index contributed by atoms with van der Waals surface area (Å²) in [5.74, 6) is 2.74. The van der Waals surface area contributed by atoms with Crippen molar-refractivity contribution in [3.63, 3.8) is 0 Å². The highest BCUT2D eigenvalue weighted by molar-refractivity contribution is 14.0. The Labute approximate surface area is 201 Å². The Kier molecular flexibility index (Phi) is 11.9. The molecule has 1 aliphatic rings. The van der Waals surface area contributed by atoms with E-state index in [0.717, 1.165) is 69.9 Å². The number of thioether (sulfide) groups is 1. The van der Waals surface area contributed by atoms with Crippen LogP contribution in [0.4, 0.5) is 5.95 Å². The maximum absolute atomic E-state index is 4.34. The number of nitrogens with zero attached hydrogens (tertiary/aromatic N) is 5. The molecule has 164 valence electrons. The minimum Gasteiger partial charge on any atom is -0.356 e. The van der Waals surface area contributed by atoms with E-state index in [1.54, 1.807) is 0 Å². The molecule has 1 saturated heterocycles. The smallest absolute Gasteiger partial charge is 0.225 e. The molecule has 3 rings (SSSR count). The molecule has 1 aromatic heterocycles. The van der Waals surface area contributed by atoms with Crippen molar-refractivity contribution >= 4 is 47.6 Å². The summed E-state index contributed by atoms with van der Waals surface area (Å²) in [6.45, 7) is 7.00. The molecule has 0 saturated carbocycles. The highest BCUT2D eigenvalue weighted by Crippen LogP contribution is 2.15. The third-order valence-electron chi connectivity index (χ3n) is 4.78. The number of hydrogen-bond donors (Lipinski definition) is 2. The van der Waals surface area contributed by atoms with E-state index in [1.165, 1.54) is 4.90 Å². The van der Waals surface area contributed by atoms with Crippen LogP contribution in [0.1, 0.15) is 6.42 Å². The van der Waals surface area contributed by atoms with Crippen LogP contribution in [0.5, 0.6) is 0 Å². The fourth-order valence-electron chi connectivity index (χ4n) is 3.21. The number of piperazine rings is 1. The van der Waals surface area contributed by atoms with Gasteiger partial charge in [-0.05, 0) is 31.2 Å². The Bertz CT molecular complexity index is 725. The second kappa shape index (κ2) is 14.4. The second-order valence-corrected chi connectivity index (χ2v) is 7.99. The van der Waals surface area contributed by atoms with Gasteiger partial charge in [0.2, 0.25) is 5.95 Å². The lowest BCUT2D eigenvalue weighted by Crippen LogP contribution is -2.47. The molecule has 2 heterocycles. The average molecular weight is 542 g/mol.